The van der Waals surface area contributed by atoms with Crippen molar-refractivity contribution in [3.63, 3.8) is 0 Å². The number of phenols is 1. The van der Waals surface area contributed by atoms with Gasteiger partial charge in [-0.2, -0.15) is 0 Å². The molecule has 3 N–H and O–H groups in total. The molecule has 3 rings (SSSR count). The second-order valence-corrected chi connectivity index (χ2v) is 7.53. The molecule has 10 heteroatoms. The average molecular weight is 446 g/mol. The van der Waals surface area contributed by atoms with E-state index in [4.69, 9.17) is 9.15 Å². The number of rotatable bonds is 9. The molecule has 1 aliphatic rings. The van der Waals surface area contributed by atoms with Gasteiger partial charge in [0.25, 0.3) is 5.91 Å². The molecule has 0 bridgehead atoms. The van der Waals surface area contributed by atoms with Gasteiger partial charge in [-0.15, -0.1) is 0 Å². The summed E-state index contributed by atoms with van der Waals surface area (Å²) in [7, 11) is 0. The quantitative estimate of drug-likeness (QED) is 0.235. The summed E-state index contributed by atoms with van der Waals surface area (Å²) >= 11 is 1.09. The van der Waals surface area contributed by atoms with E-state index in [2.05, 4.69) is 26.1 Å². The highest BCUT2D eigenvalue weighted by molar-refractivity contribution is 7.96. The summed E-state index contributed by atoms with van der Waals surface area (Å²) in [6.45, 7) is 8.28. The van der Waals surface area contributed by atoms with Crippen molar-refractivity contribution in [3.8, 4) is 5.75 Å². The van der Waals surface area contributed by atoms with Crippen LogP contribution in [0.15, 0.2) is 44.1 Å². The predicted octanol–water partition coefficient (Wildman–Crippen LogP) is 3.02. The van der Waals surface area contributed by atoms with Gasteiger partial charge in [0, 0.05) is 32.8 Å². The zero-order valence-electron chi connectivity index (χ0n) is 17.5. The van der Waals surface area contributed by atoms with Crippen molar-refractivity contribution in [2.75, 3.05) is 38.2 Å². The summed E-state index contributed by atoms with van der Waals surface area (Å²) in [5, 5.41) is 13.8. The van der Waals surface area contributed by atoms with Gasteiger partial charge in [-0.1, -0.05) is 6.07 Å². The van der Waals surface area contributed by atoms with E-state index in [1.807, 2.05) is 19.1 Å². The van der Waals surface area contributed by atoms with Gasteiger partial charge < -0.3 is 24.5 Å². The third-order valence-corrected chi connectivity index (χ3v) is 5.15. The second-order valence-electron chi connectivity index (χ2n) is 6.88. The maximum Gasteiger partial charge on any atom is 0.257 e. The fraction of sp³-hybridized carbons (Fsp3) is 0.381. The monoisotopic (exact) mass is 445 g/mol. The smallest absolute Gasteiger partial charge is 0.257 e. The Morgan fingerprint density at radius 3 is 2.81 bits per heavy atom. The number of aromatic hydroxyl groups is 1. The Morgan fingerprint density at radius 2 is 2.10 bits per heavy atom. The number of amidine groups is 1. The molecule has 0 saturated carbocycles. The van der Waals surface area contributed by atoms with Gasteiger partial charge in [0.05, 0.1) is 43.1 Å². The van der Waals surface area contributed by atoms with Gasteiger partial charge in [-0.25, -0.2) is 4.40 Å². The normalized spacial score (nSPS) is 14.4. The molecular formula is C21H27N5O4S. The number of aliphatic imine (C=N–C) groups is 1. The highest BCUT2D eigenvalue weighted by atomic mass is 32.2. The molecule has 0 radical (unpaired) electrons. The Hall–Kier alpha value is -2.98. The van der Waals surface area contributed by atoms with Crippen molar-refractivity contribution < 1.29 is 19.1 Å². The summed E-state index contributed by atoms with van der Waals surface area (Å²) in [4.78, 5) is 18.9. The van der Waals surface area contributed by atoms with Crippen LogP contribution >= 0.6 is 12.1 Å². The lowest BCUT2D eigenvalue weighted by Crippen LogP contribution is -2.40. The van der Waals surface area contributed by atoms with Crippen molar-refractivity contribution in [1.29, 1.82) is 0 Å². The van der Waals surface area contributed by atoms with Crippen LogP contribution in [0, 0.1) is 6.92 Å². The van der Waals surface area contributed by atoms with Crippen molar-refractivity contribution in [1.82, 2.24) is 9.62 Å². The Labute approximate surface area is 185 Å². The molecule has 1 aromatic heterocycles. The van der Waals surface area contributed by atoms with E-state index in [0.29, 0.717) is 57.3 Å². The molecule has 1 amide bonds. The molecule has 2 heterocycles. The Morgan fingerprint density at radius 1 is 1.29 bits per heavy atom. The Kier molecular flexibility index (Phi) is 8.36. The van der Waals surface area contributed by atoms with Crippen molar-refractivity contribution >= 4 is 36.3 Å². The SMILES string of the molecule is C=NSNC(CCNc1cccc(C(=O)N2CCOCC2)c1O)=NCc1ccc(C)o1. The fourth-order valence-electron chi connectivity index (χ4n) is 3.10. The van der Waals surface area contributed by atoms with Gasteiger partial charge in [0.15, 0.2) is 5.75 Å². The lowest BCUT2D eigenvalue weighted by molar-refractivity contribution is 0.0301. The van der Waals surface area contributed by atoms with Crippen LogP contribution in [0.5, 0.6) is 5.75 Å². The largest absolute Gasteiger partial charge is 0.505 e. The number of furan rings is 1. The minimum atomic E-state index is -0.199. The third-order valence-electron chi connectivity index (χ3n) is 4.69. The molecule has 1 saturated heterocycles. The van der Waals surface area contributed by atoms with Crippen LogP contribution in [-0.4, -0.2) is 61.3 Å². The van der Waals surface area contributed by atoms with Gasteiger partial charge in [-0.05, 0) is 31.2 Å². The molecule has 31 heavy (non-hydrogen) atoms. The number of nitrogens with one attached hydrogen (secondary N) is 2. The molecule has 9 nitrogen and oxygen atoms in total. The number of ether oxygens (including phenoxy) is 1. The van der Waals surface area contributed by atoms with Crippen molar-refractivity contribution in [3.05, 3.63) is 47.4 Å². The molecule has 1 fully saturated rings. The number of benzene rings is 1. The number of amides is 1. The highest BCUT2D eigenvalue weighted by Gasteiger charge is 2.22. The summed E-state index contributed by atoms with van der Waals surface area (Å²) < 4.78 is 17.6. The van der Waals surface area contributed by atoms with E-state index in [1.54, 1.807) is 23.1 Å². The predicted molar refractivity (Wildman–Crippen MR) is 123 cm³/mol. The van der Waals surface area contributed by atoms with E-state index >= 15 is 0 Å². The van der Waals surface area contributed by atoms with E-state index < -0.39 is 0 Å². The third kappa shape index (κ3) is 6.50. The molecule has 2 aromatic rings. The van der Waals surface area contributed by atoms with Gasteiger partial charge >= 0.3 is 0 Å². The lowest BCUT2D eigenvalue weighted by atomic mass is 10.1. The highest BCUT2D eigenvalue weighted by Crippen LogP contribution is 2.28. The van der Waals surface area contributed by atoms with E-state index in [-0.39, 0.29) is 17.2 Å². The van der Waals surface area contributed by atoms with Crippen LogP contribution in [0.2, 0.25) is 0 Å². The first-order chi connectivity index (χ1) is 15.1. The number of hydrogen-bond acceptors (Lipinski definition) is 8. The number of anilines is 1. The van der Waals surface area contributed by atoms with Crippen molar-refractivity contribution in [2.24, 2.45) is 9.39 Å². The topological polar surface area (TPSA) is 112 Å². The van der Waals surface area contributed by atoms with Crippen LogP contribution in [0.4, 0.5) is 5.69 Å². The molecule has 0 aliphatic carbocycles. The second kappa shape index (κ2) is 11.4. The minimum Gasteiger partial charge on any atom is -0.505 e. The average Bonchev–Trinajstić information content (AvgIpc) is 3.21. The Bertz CT molecular complexity index is 924. The van der Waals surface area contributed by atoms with Crippen LogP contribution in [-0.2, 0) is 11.3 Å². The molecule has 0 atom stereocenters. The zero-order chi connectivity index (χ0) is 22.1. The van der Waals surface area contributed by atoms with Gasteiger partial charge in [-0.3, -0.25) is 14.5 Å². The van der Waals surface area contributed by atoms with Gasteiger partial charge in [0.2, 0.25) is 0 Å². The molecule has 0 unspecified atom stereocenters. The van der Waals surface area contributed by atoms with Crippen LogP contribution in [0.3, 0.4) is 0 Å². The molecule has 1 aliphatic heterocycles. The molecular weight excluding hydrogens is 418 g/mol. The number of nitrogens with zero attached hydrogens (tertiary/aromatic N) is 3. The van der Waals surface area contributed by atoms with Crippen molar-refractivity contribution in [2.45, 2.75) is 19.9 Å². The molecule has 166 valence electrons. The fourth-order valence-corrected chi connectivity index (χ4v) is 3.44. The van der Waals surface area contributed by atoms with E-state index in [1.165, 1.54) is 0 Å². The van der Waals surface area contributed by atoms with Gasteiger partial charge in [0.1, 0.15) is 17.4 Å². The maximum absolute atomic E-state index is 12.7. The number of phenolic OH excluding ortho intramolecular Hbond substituents is 1. The number of carbonyl (C=O) groups is 1. The molecule has 1 aromatic carbocycles. The van der Waals surface area contributed by atoms with Crippen LogP contribution < -0.4 is 10.0 Å². The standard InChI is InChI=1S/C21H27N5O4S/c1-15-6-7-16(30-15)14-24-19(25-31-22-2)8-9-23-18-5-3-4-17(20(18)27)21(28)26-10-12-29-13-11-26/h3-7,23,27H,2,8-14H2,1H3,(H,24,25). The zero-order valence-corrected chi connectivity index (χ0v) is 18.3. The number of carbonyl (C=O) groups excluding carboxylic acids is 1. The lowest BCUT2D eigenvalue weighted by Gasteiger charge is -2.27. The molecule has 0 spiro atoms. The first-order valence-corrected chi connectivity index (χ1v) is 10.8. The summed E-state index contributed by atoms with van der Waals surface area (Å²) in [6, 6.07) is 8.90. The Balaban J connectivity index is 1.60. The minimum absolute atomic E-state index is 0.0568. The number of aryl methyl sites for hydroxylation is 1. The summed E-state index contributed by atoms with van der Waals surface area (Å²) in [5.74, 6) is 2.06. The summed E-state index contributed by atoms with van der Waals surface area (Å²) in [6.07, 6.45) is 0.545. The first kappa shape index (κ1) is 22.7. The summed E-state index contributed by atoms with van der Waals surface area (Å²) in [5.41, 5.74) is 0.771. The number of para-hydroxylation sites is 1. The van der Waals surface area contributed by atoms with E-state index in [9.17, 15) is 9.90 Å². The first-order valence-electron chi connectivity index (χ1n) is 9.98. The van der Waals surface area contributed by atoms with E-state index in [0.717, 1.165) is 23.7 Å². The van der Waals surface area contributed by atoms with Crippen LogP contribution in [0.1, 0.15) is 28.3 Å². The number of hydrogen-bond donors (Lipinski definition) is 3. The number of morpholine rings is 1. The maximum atomic E-state index is 12.7. The van der Waals surface area contributed by atoms with Crippen LogP contribution in [0.25, 0.3) is 0 Å².